The summed E-state index contributed by atoms with van der Waals surface area (Å²) in [6.07, 6.45) is 0. The van der Waals surface area contributed by atoms with Gasteiger partial charge in [-0.1, -0.05) is 11.3 Å². The number of aromatic amines is 1. The number of nitrogens with zero attached hydrogens (tertiary/aromatic N) is 2. The van der Waals surface area contributed by atoms with E-state index in [0.717, 1.165) is 11.3 Å². The molecule has 0 unspecified atom stereocenters. The molecule has 8 nitrogen and oxygen atoms in total. The Morgan fingerprint density at radius 2 is 1.80 bits per heavy atom. The number of carbonyl (C=O) groups is 1. The largest absolute Gasteiger partial charge is 0.494 e. The highest BCUT2D eigenvalue weighted by atomic mass is 32.2. The summed E-state index contributed by atoms with van der Waals surface area (Å²) in [7, 11) is -3.70. The summed E-state index contributed by atoms with van der Waals surface area (Å²) >= 11 is 0.979. The number of aromatic nitrogens is 1. The van der Waals surface area contributed by atoms with Crippen molar-refractivity contribution in [3.05, 3.63) is 57.7 Å². The quantitative estimate of drug-likeness (QED) is 0.646. The Hall–Kier alpha value is -2.69. The lowest BCUT2D eigenvalue weighted by molar-refractivity contribution is 0.0698. The SMILES string of the molecule is CCOc1ccc(C(=O)N2CCN(S(=O)(=O)c3ccc4[nH]c(=O)sc4c3)CC2)cc1. The van der Waals surface area contributed by atoms with Crippen molar-refractivity contribution in [1.82, 2.24) is 14.2 Å². The van der Waals surface area contributed by atoms with Crippen LogP contribution in [0, 0.1) is 0 Å². The number of amides is 1. The number of hydrogen-bond donors (Lipinski definition) is 1. The standard InChI is InChI=1S/C20H21N3O5S2/c1-2-28-15-5-3-14(4-6-15)19(24)22-9-11-23(12-10-22)30(26,27)16-7-8-17-18(13-16)29-20(25)21-17/h3-8,13H,2,9-12H2,1H3,(H,21,25). The van der Waals surface area contributed by atoms with E-state index in [1.165, 1.54) is 16.4 Å². The predicted octanol–water partition coefficient (Wildman–Crippen LogP) is 2.13. The summed E-state index contributed by atoms with van der Waals surface area (Å²) in [6.45, 7) is 3.50. The van der Waals surface area contributed by atoms with E-state index >= 15 is 0 Å². The van der Waals surface area contributed by atoms with Gasteiger partial charge in [-0.25, -0.2) is 8.42 Å². The van der Waals surface area contributed by atoms with Gasteiger partial charge in [0, 0.05) is 31.7 Å². The average molecular weight is 448 g/mol. The normalized spacial score (nSPS) is 15.4. The third kappa shape index (κ3) is 3.98. The lowest BCUT2D eigenvalue weighted by Crippen LogP contribution is -2.50. The van der Waals surface area contributed by atoms with Crippen LogP contribution in [0.3, 0.4) is 0 Å². The fourth-order valence-corrected chi connectivity index (χ4v) is 5.71. The highest BCUT2D eigenvalue weighted by molar-refractivity contribution is 7.89. The summed E-state index contributed by atoms with van der Waals surface area (Å²) in [5.41, 5.74) is 1.16. The molecule has 3 aromatic rings. The number of H-pyrrole nitrogens is 1. The molecule has 1 aliphatic heterocycles. The molecule has 30 heavy (non-hydrogen) atoms. The van der Waals surface area contributed by atoms with Gasteiger partial charge in [0.1, 0.15) is 5.75 Å². The Morgan fingerprint density at radius 3 is 2.47 bits per heavy atom. The topological polar surface area (TPSA) is 99.8 Å². The number of sulfonamides is 1. The Kier molecular flexibility index (Phi) is 5.63. The van der Waals surface area contributed by atoms with Crippen LogP contribution in [0.25, 0.3) is 10.2 Å². The lowest BCUT2D eigenvalue weighted by Gasteiger charge is -2.34. The second kappa shape index (κ2) is 8.21. The maximum atomic E-state index is 13.0. The second-order valence-corrected chi connectivity index (χ2v) is 9.78. The maximum Gasteiger partial charge on any atom is 0.305 e. The second-order valence-electron chi connectivity index (χ2n) is 6.83. The first kappa shape index (κ1) is 20.6. The van der Waals surface area contributed by atoms with Crippen LogP contribution in [0.2, 0.25) is 0 Å². The van der Waals surface area contributed by atoms with Crippen LogP contribution in [-0.2, 0) is 10.0 Å². The van der Waals surface area contributed by atoms with Crippen molar-refractivity contribution in [3.8, 4) is 5.75 Å². The van der Waals surface area contributed by atoms with Crippen LogP contribution in [0.4, 0.5) is 0 Å². The van der Waals surface area contributed by atoms with E-state index in [9.17, 15) is 18.0 Å². The lowest BCUT2D eigenvalue weighted by atomic mass is 10.2. The van der Waals surface area contributed by atoms with Gasteiger partial charge in [0.05, 0.1) is 21.7 Å². The van der Waals surface area contributed by atoms with E-state index in [1.54, 1.807) is 35.2 Å². The molecule has 0 aliphatic carbocycles. The third-order valence-electron chi connectivity index (χ3n) is 4.97. The number of carbonyl (C=O) groups excluding carboxylic acids is 1. The van der Waals surface area contributed by atoms with Gasteiger partial charge in [-0.15, -0.1) is 0 Å². The first-order valence-corrected chi connectivity index (χ1v) is 11.8. The van der Waals surface area contributed by atoms with E-state index in [-0.39, 0.29) is 28.8 Å². The van der Waals surface area contributed by atoms with Gasteiger partial charge in [0.15, 0.2) is 0 Å². The van der Waals surface area contributed by atoms with E-state index in [2.05, 4.69) is 4.98 Å². The molecule has 1 saturated heterocycles. The fourth-order valence-electron chi connectivity index (χ4n) is 3.41. The fraction of sp³-hybridized carbons (Fsp3) is 0.300. The summed E-state index contributed by atoms with van der Waals surface area (Å²) in [4.78, 5) is 28.5. The highest BCUT2D eigenvalue weighted by Crippen LogP contribution is 2.24. The molecule has 0 bridgehead atoms. The molecule has 0 spiro atoms. The minimum Gasteiger partial charge on any atom is -0.494 e. The van der Waals surface area contributed by atoms with Crippen molar-refractivity contribution in [2.24, 2.45) is 0 Å². The van der Waals surface area contributed by atoms with Crippen LogP contribution in [0.15, 0.2) is 52.2 Å². The van der Waals surface area contributed by atoms with Crippen LogP contribution in [0.5, 0.6) is 5.75 Å². The number of fused-ring (bicyclic) bond motifs is 1. The zero-order valence-electron chi connectivity index (χ0n) is 16.3. The Morgan fingerprint density at radius 1 is 1.10 bits per heavy atom. The van der Waals surface area contributed by atoms with Crippen LogP contribution in [-0.4, -0.2) is 61.3 Å². The number of piperazine rings is 1. The summed E-state index contributed by atoms with van der Waals surface area (Å²) in [5, 5.41) is 0. The smallest absolute Gasteiger partial charge is 0.305 e. The molecule has 1 amide bonds. The van der Waals surface area contributed by atoms with Crippen LogP contribution < -0.4 is 9.61 Å². The molecule has 0 radical (unpaired) electrons. The summed E-state index contributed by atoms with van der Waals surface area (Å²) in [6, 6.07) is 11.6. The molecule has 1 aromatic heterocycles. The summed E-state index contributed by atoms with van der Waals surface area (Å²) < 4.78 is 33.4. The van der Waals surface area contributed by atoms with Gasteiger partial charge < -0.3 is 14.6 Å². The first-order chi connectivity index (χ1) is 14.4. The van der Waals surface area contributed by atoms with Gasteiger partial charge in [0.25, 0.3) is 5.91 Å². The molecule has 2 aromatic carbocycles. The Labute approximate surface area is 177 Å². The van der Waals surface area contributed by atoms with Crippen molar-refractivity contribution >= 4 is 37.5 Å². The van der Waals surface area contributed by atoms with Gasteiger partial charge >= 0.3 is 4.87 Å². The number of benzene rings is 2. The van der Waals surface area contributed by atoms with E-state index in [1.807, 2.05) is 6.92 Å². The van der Waals surface area contributed by atoms with Crippen LogP contribution in [0.1, 0.15) is 17.3 Å². The number of hydrogen-bond acceptors (Lipinski definition) is 6. The van der Waals surface area contributed by atoms with Crippen molar-refractivity contribution in [2.45, 2.75) is 11.8 Å². The Bertz CT molecular complexity index is 1220. The van der Waals surface area contributed by atoms with Crippen molar-refractivity contribution in [3.63, 3.8) is 0 Å². The molecular weight excluding hydrogens is 426 g/mol. The van der Waals surface area contributed by atoms with Crippen molar-refractivity contribution < 1.29 is 17.9 Å². The molecule has 0 saturated carbocycles. The van der Waals surface area contributed by atoms with Crippen molar-refractivity contribution in [1.29, 1.82) is 0 Å². The number of rotatable bonds is 5. The maximum absolute atomic E-state index is 13.0. The number of nitrogens with one attached hydrogen (secondary N) is 1. The zero-order chi connectivity index (χ0) is 21.3. The average Bonchev–Trinajstić information content (AvgIpc) is 3.13. The Balaban J connectivity index is 1.45. The minimum absolute atomic E-state index is 0.131. The first-order valence-electron chi connectivity index (χ1n) is 9.53. The molecule has 0 atom stereocenters. The summed E-state index contributed by atoms with van der Waals surface area (Å²) in [5.74, 6) is 0.572. The number of thiazole rings is 1. The predicted molar refractivity (Wildman–Crippen MR) is 115 cm³/mol. The van der Waals surface area contributed by atoms with Gasteiger partial charge in [-0.3, -0.25) is 9.59 Å². The molecular formula is C20H21N3O5S2. The van der Waals surface area contributed by atoms with E-state index < -0.39 is 10.0 Å². The van der Waals surface area contributed by atoms with E-state index in [0.29, 0.717) is 41.2 Å². The zero-order valence-corrected chi connectivity index (χ0v) is 18.0. The monoisotopic (exact) mass is 447 g/mol. The molecule has 4 rings (SSSR count). The highest BCUT2D eigenvalue weighted by Gasteiger charge is 2.30. The van der Waals surface area contributed by atoms with E-state index in [4.69, 9.17) is 4.74 Å². The van der Waals surface area contributed by atoms with Gasteiger partial charge in [-0.05, 0) is 49.4 Å². The molecule has 1 aliphatic rings. The number of ether oxygens (including phenoxy) is 1. The third-order valence-corrected chi connectivity index (χ3v) is 7.71. The van der Waals surface area contributed by atoms with Crippen molar-refractivity contribution in [2.75, 3.05) is 32.8 Å². The van der Waals surface area contributed by atoms with Gasteiger partial charge in [0.2, 0.25) is 10.0 Å². The molecule has 2 heterocycles. The molecule has 1 N–H and O–H groups in total. The van der Waals surface area contributed by atoms with Gasteiger partial charge in [-0.2, -0.15) is 4.31 Å². The molecule has 1 fully saturated rings. The molecule has 158 valence electrons. The van der Waals surface area contributed by atoms with Crippen LogP contribution >= 0.6 is 11.3 Å². The minimum atomic E-state index is -3.70. The molecule has 10 heteroatoms.